The minimum Gasteiger partial charge on any atom is -0.294 e. The zero-order valence-electron chi connectivity index (χ0n) is 3.29. The predicted octanol–water partition coefficient (Wildman–Crippen LogP) is 0.0389. The third-order valence-corrected chi connectivity index (χ3v) is 0.921. The molecule has 0 aliphatic rings. The molecular weight excluding hydrogens is 104 g/mol. The van der Waals surface area contributed by atoms with Gasteiger partial charge in [0.2, 0.25) is 0 Å². The lowest BCUT2D eigenvalue weighted by Crippen LogP contribution is -1.94. The number of hydrogen-bond donors (Lipinski definition) is 2. The van der Waals surface area contributed by atoms with Crippen molar-refractivity contribution in [2.45, 2.75) is 6.92 Å². The van der Waals surface area contributed by atoms with E-state index < -0.39 is 10.1 Å². The summed E-state index contributed by atoms with van der Waals surface area (Å²) in [6.45, 7) is 1.31. The third kappa shape index (κ3) is 3.94. The molecule has 0 aromatic heterocycles. The van der Waals surface area contributed by atoms with E-state index in [1.54, 1.807) is 0 Å². The van der Waals surface area contributed by atoms with Gasteiger partial charge in [-0.1, -0.05) is 0 Å². The Balaban J connectivity index is 4.24. The average Bonchev–Trinajstić information content (AvgIpc) is 1.35. The zero-order chi connectivity index (χ0) is 5.21. The van der Waals surface area contributed by atoms with Crippen LogP contribution in [0.1, 0.15) is 6.92 Å². The topological polar surface area (TPSA) is 57.5 Å². The van der Waals surface area contributed by atoms with Gasteiger partial charge in [-0.15, -0.1) is 0 Å². The molecule has 0 fully saturated rings. The Morgan fingerprint density at radius 3 is 1.83 bits per heavy atom. The van der Waals surface area contributed by atoms with Crippen molar-refractivity contribution >= 4 is 15.5 Å². The van der Waals surface area contributed by atoms with Gasteiger partial charge >= 0.3 is 0 Å². The van der Waals surface area contributed by atoms with Gasteiger partial charge in [0.25, 0.3) is 0 Å². The first-order valence-corrected chi connectivity index (χ1v) is 2.88. The van der Waals surface area contributed by atoms with E-state index >= 15 is 0 Å². The van der Waals surface area contributed by atoms with Crippen LogP contribution in [0.25, 0.3) is 0 Å². The molecule has 4 heteroatoms. The summed E-state index contributed by atoms with van der Waals surface area (Å²) < 4.78 is 25.3. The molecule has 0 aromatic carbocycles. The summed E-state index contributed by atoms with van der Waals surface area (Å²) >= 11 is 0. The number of hydrogen-bond acceptors (Lipinski definition) is 1. The van der Waals surface area contributed by atoms with E-state index in [9.17, 15) is 4.21 Å². The summed E-state index contributed by atoms with van der Waals surface area (Å²) in [6.07, 6.45) is 0. The van der Waals surface area contributed by atoms with Crippen LogP contribution in [0.15, 0.2) is 0 Å². The predicted molar refractivity (Wildman–Crippen MR) is 25.1 cm³/mol. The molecule has 0 bridgehead atoms. The molecule has 0 spiro atoms. The maximum absolute atomic E-state index is 9.61. The Bertz CT molecular complexity index is 122. The van der Waals surface area contributed by atoms with Gasteiger partial charge < -0.3 is 0 Å². The van der Waals surface area contributed by atoms with Gasteiger partial charge in [-0.2, -0.15) is 0 Å². The van der Waals surface area contributed by atoms with E-state index in [-0.39, 0.29) is 0 Å². The molecule has 0 rings (SSSR count). The SMILES string of the molecule is CC=S(=O)(O)O. The van der Waals surface area contributed by atoms with Gasteiger partial charge in [0.1, 0.15) is 0 Å². The molecule has 0 saturated carbocycles. The first-order chi connectivity index (χ1) is 2.56. The van der Waals surface area contributed by atoms with Crippen molar-refractivity contribution in [2.75, 3.05) is 0 Å². The molecule has 0 radical (unpaired) electrons. The van der Waals surface area contributed by atoms with Gasteiger partial charge in [-0.3, -0.25) is 9.11 Å². The molecule has 0 heterocycles. The first-order valence-electron chi connectivity index (χ1n) is 1.34. The van der Waals surface area contributed by atoms with Gasteiger partial charge in [0.05, 0.1) is 0 Å². The third-order valence-electron chi connectivity index (χ3n) is 0.307. The molecule has 0 saturated heterocycles. The lowest BCUT2D eigenvalue weighted by molar-refractivity contribution is 0.448. The fourth-order valence-corrected chi connectivity index (χ4v) is 0. The minimum absolute atomic E-state index is 0.826. The van der Waals surface area contributed by atoms with Gasteiger partial charge in [0, 0.05) is 5.37 Å². The van der Waals surface area contributed by atoms with Crippen LogP contribution in [0.5, 0.6) is 0 Å². The Morgan fingerprint density at radius 1 is 1.67 bits per heavy atom. The van der Waals surface area contributed by atoms with Gasteiger partial charge in [0.15, 0.2) is 10.1 Å². The van der Waals surface area contributed by atoms with Gasteiger partial charge in [-0.05, 0) is 6.92 Å². The van der Waals surface area contributed by atoms with Crippen molar-refractivity contribution < 1.29 is 13.3 Å². The van der Waals surface area contributed by atoms with E-state index in [0.717, 1.165) is 5.37 Å². The molecule has 0 amide bonds. The molecule has 38 valence electrons. The van der Waals surface area contributed by atoms with Crippen molar-refractivity contribution in [1.82, 2.24) is 0 Å². The summed E-state index contributed by atoms with van der Waals surface area (Å²) in [5.74, 6) is 0. The Morgan fingerprint density at radius 2 is 1.83 bits per heavy atom. The zero-order valence-corrected chi connectivity index (χ0v) is 4.10. The van der Waals surface area contributed by atoms with Crippen LogP contribution in [-0.4, -0.2) is 18.7 Å². The fourth-order valence-electron chi connectivity index (χ4n) is 0. The lowest BCUT2D eigenvalue weighted by Gasteiger charge is -1.82. The largest absolute Gasteiger partial charge is 0.294 e. The lowest BCUT2D eigenvalue weighted by atomic mass is 11.0. The van der Waals surface area contributed by atoms with E-state index in [4.69, 9.17) is 9.11 Å². The maximum Gasteiger partial charge on any atom is 0.195 e. The van der Waals surface area contributed by atoms with Crippen LogP contribution in [0, 0.1) is 0 Å². The molecule has 0 atom stereocenters. The summed E-state index contributed by atoms with van der Waals surface area (Å²) in [5.41, 5.74) is 0. The highest BCUT2D eigenvalue weighted by Gasteiger charge is 1.80. The summed E-state index contributed by atoms with van der Waals surface area (Å²) in [5, 5.41) is 0.826. The molecule has 0 unspecified atom stereocenters. The quantitative estimate of drug-likeness (QED) is 0.433. The summed E-state index contributed by atoms with van der Waals surface area (Å²) in [4.78, 5) is 0. The molecular formula is C2H6O3S. The fraction of sp³-hybridized carbons (Fsp3) is 0.500. The maximum atomic E-state index is 9.61. The van der Waals surface area contributed by atoms with Crippen LogP contribution >= 0.6 is 0 Å². The Hall–Kier alpha value is -0.0600. The standard InChI is InChI=1S/C2H6O3S/c1-2-6(3,4)5/h2H,1H3,(H2,3,4,5). The average molecular weight is 110 g/mol. The van der Waals surface area contributed by atoms with Crippen molar-refractivity contribution in [2.24, 2.45) is 0 Å². The second-order valence-electron chi connectivity index (χ2n) is 0.773. The second kappa shape index (κ2) is 1.59. The van der Waals surface area contributed by atoms with Crippen LogP contribution < -0.4 is 0 Å². The molecule has 0 aromatic rings. The normalized spacial score (nSPS) is 11.2. The molecule has 0 aliphatic heterocycles. The van der Waals surface area contributed by atoms with E-state index in [2.05, 4.69) is 0 Å². The molecule has 0 aliphatic carbocycles. The molecule has 3 nitrogen and oxygen atoms in total. The van der Waals surface area contributed by atoms with Crippen LogP contribution in [-0.2, 0) is 10.1 Å². The van der Waals surface area contributed by atoms with E-state index in [1.807, 2.05) is 0 Å². The highest BCUT2D eigenvalue weighted by atomic mass is 32.2. The second-order valence-corrected chi connectivity index (χ2v) is 2.32. The minimum atomic E-state index is -3.54. The van der Waals surface area contributed by atoms with Crippen molar-refractivity contribution in [1.29, 1.82) is 0 Å². The smallest absolute Gasteiger partial charge is 0.195 e. The monoisotopic (exact) mass is 110 g/mol. The Labute approximate surface area is 36.7 Å². The summed E-state index contributed by atoms with van der Waals surface area (Å²) in [7, 11) is -3.54. The van der Waals surface area contributed by atoms with Crippen LogP contribution in [0.4, 0.5) is 0 Å². The van der Waals surface area contributed by atoms with Crippen molar-refractivity contribution in [3.63, 3.8) is 0 Å². The Kier molecular flexibility index (Phi) is 1.58. The first kappa shape index (κ1) is 5.94. The van der Waals surface area contributed by atoms with Crippen LogP contribution in [0.3, 0.4) is 0 Å². The van der Waals surface area contributed by atoms with Gasteiger partial charge in [-0.25, -0.2) is 4.21 Å². The molecule has 6 heavy (non-hydrogen) atoms. The van der Waals surface area contributed by atoms with Crippen LogP contribution in [0.2, 0.25) is 0 Å². The molecule has 2 N–H and O–H groups in total. The highest BCUT2D eigenvalue weighted by Crippen LogP contribution is 1.66. The highest BCUT2D eigenvalue weighted by molar-refractivity contribution is 7.90. The van der Waals surface area contributed by atoms with Crippen molar-refractivity contribution in [3.05, 3.63) is 0 Å². The number of rotatable bonds is 0. The van der Waals surface area contributed by atoms with E-state index in [0.29, 0.717) is 0 Å². The van der Waals surface area contributed by atoms with Crippen molar-refractivity contribution in [3.8, 4) is 0 Å². The van der Waals surface area contributed by atoms with E-state index in [1.165, 1.54) is 6.92 Å². The summed E-state index contributed by atoms with van der Waals surface area (Å²) in [6, 6.07) is 0.